The van der Waals surface area contributed by atoms with E-state index in [9.17, 15) is 19.7 Å². The van der Waals surface area contributed by atoms with Gasteiger partial charge >= 0.3 is 0 Å². The Morgan fingerprint density at radius 3 is 2.52 bits per heavy atom. The van der Waals surface area contributed by atoms with Gasteiger partial charge in [0.25, 0.3) is 17.5 Å². The molecule has 2 N–H and O–H groups in total. The molecule has 142 valence electrons. The Labute approximate surface area is 155 Å². The van der Waals surface area contributed by atoms with Crippen molar-refractivity contribution in [3.8, 4) is 5.75 Å². The van der Waals surface area contributed by atoms with Gasteiger partial charge in [-0.1, -0.05) is 18.2 Å². The predicted octanol–water partition coefficient (Wildman–Crippen LogP) is 2.08. The molecule has 0 atom stereocenters. The summed E-state index contributed by atoms with van der Waals surface area (Å²) < 4.78 is 10.6. The normalized spacial score (nSPS) is 10.1. The first-order chi connectivity index (χ1) is 13.0. The van der Waals surface area contributed by atoms with Crippen LogP contribution in [0, 0.1) is 10.1 Å². The molecule has 0 saturated carbocycles. The number of ether oxygens (including phenoxy) is 2. The molecule has 0 bridgehead atoms. The number of hydrogen-bond donors (Lipinski definition) is 2. The van der Waals surface area contributed by atoms with Crippen molar-refractivity contribution < 1.29 is 24.0 Å². The molecule has 0 aromatic heterocycles. The molecule has 9 heteroatoms. The number of benzene rings is 2. The van der Waals surface area contributed by atoms with Crippen molar-refractivity contribution in [1.29, 1.82) is 0 Å². The number of para-hydroxylation sites is 1. The summed E-state index contributed by atoms with van der Waals surface area (Å²) in [4.78, 5) is 34.6. The Bertz CT molecular complexity index is 824. The lowest BCUT2D eigenvalue weighted by atomic mass is 10.2. The molecule has 0 radical (unpaired) electrons. The number of nitro groups is 1. The lowest BCUT2D eigenvalue weighted by Crippen LogP contribution is -2.41. The van der Waals surface area contributed by atoms with Gasteiger partial charge in [0.1, 0.15) is 17.9 Å². The van der Waals surface area contributed by atoms with Crippen molar-refractivity contribution in [2.24, 2.45) is 0 Å². The predicted molar refractivity (Wildman–Crippen MR) is 96.5 cm³/mol. The van der Waals surface area contributed by atoms with Crippen LogP contribution in [0.15, 0.2) is 48.5 Å². The highest BCUT2D eigenvalue weighted by Crippen LogP contribution is 2.17. The van der Waals surface area contributed by atoms with E-state index in [0.717, 1.165) is 0 Å². The number of hydrogen-bond acceptors (Lipinski definition) is 6. The zero-order valence-corrected chi connectivity index (χ0v) is 14.6. The second kappa shape index (κ2) is 9.88. The Kier molecular flexibility index (Phi) is 7.26. The molecule has 0 heterocycles. The van der Waals surface area contributed by atoms with Crippen LogP contribution in [0.3, 0.4) is 0 Å². The minimum Gasteiger partial charge on any atom is -0.491 e. The summed E-state index contributed by atoms with van der Waals surface area (Å²) in [6, 6.07) is 11.8. The van der Waals surface area contributed by atoms with Crippen LogP contribution in [0.4, 0.5) is 5.69 Å². The van der Waals surface area contributed by atoms with E-state index >= 15 is 0 Å². The van der Waals surface area contributed by atoms with Crippen LogP contribution in [0.1, 0.15) is 27.6 Å². The lowest BCUT2D eigenvalue weighted by Gasteiger charge is -2.10. The smallest absolute Gasteiger partial charge is 0.282 e. The largest absolute Gasteiger partial charge is 0.491 e. The maximum Gasteiger partial charge on any atom is 0.282 e. The Balaban J connectivity index is 1.96. The standard InChI is InChI=1S/C18H19N3O6/c1-2-26-10-11-27-14-7-5-6-13(12-14)17(22)19-20-18(23)15-8-3-4-9-16(15)21(24)25/h3-9,12H,2,10-11H2,1H3,(H,19,22)(H,20,23). The van der Waals surface area contributed by atoms with Gasteiger partial charge < -0.3 is 9.47 Å². The van der Waals surface area contributed by atoms with Crippen molar-refractivity contribution in [2.45, 2.75) is 6.92 Å². The highest BCUT2D eigenvalue weighted by atomic mass is 16.6. The lowest BCUT2D eigenvalue weighted by molar-refractivity contribution is -0.385. The van der Waals surface area contributed by atoms with Gasteiger partial charge in [-0.05, 0) is 31.2 Å². The van der Waals surface area contributed by atoms with Gasteiger partial charge in [0.2, 0.25) is 0 Å². The zero-order valence-electron chi connectivity index (χ0n) is 14.6. The van der Waals surface area contributed by atoms with E-state index in [-0.39, 0.29) is 16.8 Å². The van der Waals surface area contributed by atoms with Crippen LogP contribution < -0.4 is 15.6 Å². The third kappa shape index (κ3) is 5.79. The summed E-state index contributed by atoms with van der Waals surface area (Å²) in [6.07, 6.45) is 0. The second-order valence-corrected chi connectivity index (χ2v) is 5.26. The van der Waals surface area contributed by atoms with E-state index in [4.69, 9.17) is 9.47 Å². The fraction of sp³-hybridized carbons (Fsp3) is 0.222. The monoisotopic (exact) mass is 373 g/mol. The van der Waals surface area contributed by atoms with Crippen LogP contribution in [-0.2, 0) is 4.74 Å². The molecule has 0 aliphatic heterocycles. The molecular formula is C18H19N3O6. The fourth-order valence-electron chi connectivity index (χ4n) is 2.17. The first-order valence-electron chi connectivity index (χ1n) is 8.17. The van der Waals surface area contributed by atoms with Crippen LogP contribution >= 0.6 is 0 Å². The van der Waals surface area contributed by atoms with Gasteiger partial charge in [0.15, 0.2) is 0 Å². The summed E-state index contributed by atoms with van der Waals surface area (Å²) >= 11 is 0. The number of hydrazine groups is 1. The maximum atomic E-state index is 12.2. The van der Waals surface area contributed by atoms with E-state index in [1.807, 2.05) is 6.92 Å². The van der Waals surface area contributed by atoms with Crippen LogP contribution in [-0.4, -0.2) is 36.6 Å². The fourth-order valence-corrected chi connectivity index (χ4v) is 2.17. The first-order valence-corrected chi connectivity index (χ1v) is 8.17. The molecule has 0 fully saturated rings. The molecule has 0 aliphatic carbocycles. The minimum absolute atomic E-state index is 0.157. The van der Waals surface area contributed by atoms with E-state index < -0.39 is 16.7 Å². The van der Waals surface area contributed by atoms with Gasteiger partial charge in [0.05, 0.1) is 11.5 Å². The van der Waals surface area contributed by atoms with Crippen molar-refractivity contribution in [1.82, 2.24) is 10.9 Å². The molecule has 0 unspecified atom stereocenters. The maximum absolute atomic E-state index is 12.2. The number of rotatable bonds is 8. The Hall–Kier alpha value is -3.46. The van der Waals surface area contributed by atoms with Gasteiger partial charge in [0, 0.05) is 18.2 Å². The average molecular weight is 373 g/mol. The van der Waals surface area contributed by atoms with Crippen LogP contribution in [0.25, 0.3) is 0 Å². The number of nitro benzene ring substituents is 1. The van der Waals surface area contributed by atoms with E-state index in [1.165, 1.54) is 30.3 Å². The molecule has 9 nitrogen and oxygen atoms in total. The summed E-state index contributed by atoms with van der Waals surface area (Å²) in [6.45, 7) is 3.24. The Morgan fingerprint density at radius 2 is 1.78 bits per heavy atom. The number of nitrogens with zero attached hydrogens (tertiary/aromatic N) is 1. The SMILES string of the molecule is CCOCCOc1cccc(C(=O)NNC(=O)c2ccccc2[N+](=O)[O-])c1. The molecule has 0 saturated heterocycles. The van der Waals surface area contributed by atoms with Crippen LogP contribution in [0.5, 0.6) is 5.75 Å². The molecule has 2 aromatic carbocycles. The van der Waals surface area contributed by atoms with E-state index in [2.05, 4.69) is 10.9 Å². The van der Waals surface area contributed by atoms with Gasteiger partial charge in [-0.2, -0.15) is 0 Å². The highest BCUT2D eigenvalue weighted by molar-refractivity contribution is 6.01. The topological polar surface area (TPSA) is 120 Å². The van der Waals surface area contributed by atoms with Gasteiger partial charge in [-0.3, -0.25) is 30.6 Å². The summed E-state index contributed by atoms with van der Waals surface area (Å²) in [7, 11) is 0. The van der Waals surface area contributed by atoms with Crippen molar-refractivity contribution in [2.75, 3.05) is 19.8 Å². The highest BCUT2D eigenvalue weighted by Gasteiger charge is 2.19. The van der Waals surface area contributed by atoms with Crippen LogP contribution in [0.2, 0.25) is 0 Å². The zero-order chi connectivity index (χ0) is 19.6. The molecule has 2 rings (SSSR count). The molecule has 2 aromatic rings. The molecule has 27 heavy (non-hydrogen) atoms. The number of amides is 2. The number of nitrogens with one attached hydrogen (secondary N) is 2. The second-order valence-electron chi connectivity index (χ2n) is 5.26. The van der Waals surface area contributed by atoms with Gasteiger partial charge in [-0.25, -0.2) is 0 Å². The summed E-state index contributed by atoms with van der Waals surface area (Å²) in [5, 5.41) is 11.0. The minimum atomic E-state index is -0.792. The number of carbonyl (C=O) groups is 2. The third-order valence-electron chi connectivity index (χ3n) is 3.43. The molecule has 2 amide bonds. The number of carbonyl (C=O) groups excluding carboxylic acids is 2. The first kappa shape index (κ1) is 19.9. The van der Waals surface area contributed by atoms with Crippen molar-refractivity contribution in [3.05, 3.63) is 69.8 Å². The average Bonchev–Trinajstić information content (AvgIpc) is 2.69. The van der Waals surface area contributed by atoms with Crippen molar-refractivity contribution >= 4 is 17.5 Å². The van der Waals surface area contributed by atoms with Gasteiger partial charge in [-0.15, -0.1) is 0 Å². The summed E-state index contributed by atoms with van der Waals surface area (Å²) in [5.74, 6) is -0.899. The van der Waals surface area contributed by atoms with E-state index in [0.29, 0.717) is 25.6 Å². The Morgan fingerprint density at radius 1 is 1.04 bits per heavy atom. The molecular weight excluding hydrogens is 354 g/mol. The van der Waals surface area contributed by atoms with Crippen molar-refractivity contribution in [3.63, 3.8) is 0 Å². The third-order valence-corrected chi connectivity index (χ3v) is 3.43. The summed E-state index contributed by atoms with van der Waals surface area (Å²) in [5.41, 5.74) is 4.14. The molecule has 0 spiro atoms. The molecule has 0 aliphatic rings. The quantitative estimate of drug-likeness (QED) is 0.415. The van der Waals surface area contributed by atoms with E-state index in [1.54, 1.807) is 18.2 Å².